The first kappa shape index (κ1) is 14.1. The largest absolute Gasteiger partial charge is 0.490 e. The minimum Gasteiger partial charge on any atom is -0.490 e. The van der Waals surface area contributed by atoms with Crippen molar-refractivity contribution in [2.45, 2.75) is 6.92 Å². The highest BCUT2D eigenvalue weighted by Gasteiger charge is 2.16. The maximum atomic E-state index is 8.99. The fourth-order valence-electron chi connectivity index (χ4n) is 1.21. The molecule has 0 saturated carbocycles. The van der Waals surface area contributed by atoms with Crippen LogP contribution < -0.4 is 9.47 Å². The average molecular weight is 361 g/mol. The first-order chi connectivity index (χ1) is 8.15. The van der Waals surface area contributed by atoms with Gasteiger partial charge in [-0.15, -0.1) is 0 Å². The molecular formula is C12H11Br2NO2. The smallest absolute Gasteiger partial charge is 0.177 e. The van der Waals surface area contributed by atoms with Gasteiger partial charge in [0.25, 0.3) is 0 Å². The third-order valence-corrected chi connectivity index (χ3v) is 4.01. The van der Waals surface area contributed by atoms with E-state index in [9.17, 15) is 0 Å². The topological polar surface area (TPSA) is 42.2 Å². The minimum atomic E-state index is 0.372. The van der Waals surface area contributed by atoms with E-state index in [-0.39, 0.29) is 0 Å². The molecule has 0 unspecified atom stereocenters. The normalized spacial score (nSPS) is 9.53. The molecule has 5 heteroatoms. The van der Waals surface area contributed by atoms with Crippen LogP contribution in [0.15, 0.2) is 27.7 Å². The Kier molecular flexibility index (Phi) is 5.52. The summed E-state index contributed by atoms with van der Waals surface area (Å²) in [6, 6.07) is 3.74. The Morgan fingerprint density at radius 1 is 1.41 bits per heavy atom. The second-order valence-electron chi connectivity index (χ2n) is 3.02. The number of nitriles is 1. The molecule has 3 nitrogen and oxygen atoms in total. The SMILES string of the molecule is C=CCOc1c(OCC)cc(C#N)c(Br)c1Br. The van der Waals surface area contributed by atoms with E-state index in [1.165, 1.54) is 0 Å². The van der Waals surface area contributed by atoms with E-state index in [1.807, 2.05) is 6.92 Å². The molecule has 0 aromatic heterocycles. The zero-order valence-corrected chi connectivity index (χ0v) is 12.5. The molecule has 0 amide bonds. The predicted molar refractivity (Wildman–Crippen MR) is 73.4 cm³/mol. The number of benzene rings is 1. The maximum Gasteiger partial charge on any atom is 0.177 e. The van der Waals surface area contributed by atoms with Crippen molar-refractivity contribution in [3.63, 3.8) is 0 Å². The molecule has 0 N–H and O–H groups in total. The van der Waals surface area contributed by atoms with Crippen molar-refractivity contribution in [3.05, 3.63) is 33.2 Å². The van der Waals surface area contributed by atoms with Gasteiger partial charge in [-0.25, -0.2) is 0 Å². The van der Waals surface area contributed by atoms with Crippen LogP contribution in [0.4, 0.5) is 0 Å². The molecule has 1 rings (SSSR count). The van der Waals surface area contributed by atoms with Gasteiger partial charge in [0.05, 0.1) is 21.1 Å². The summed E-state index contributed by atoms with van der Waals surface area (Å²) in [6.45, 7) is 6.34. The molecule has 0 saturated heterocycles. The highest BCUT2D eigenvalue weighted by molar-refractivity contribution is 9.13. The summed E-state index contributed by atoms with van der Waals surface area (Å²) >= 11 is 6.72. The molecule has 0 heterocycles. The van der Waals surface area contributed by atoms with Crippen molar-refractivity contribution in [1.82, 2.24) is 0 Å². The molecule has 1 aromatic carbocycles. The first-order valence-corrected chi connectivity index (χ1v) is 6.52. The van der Waals surface area contributed by atoms with Crippen LogP contribution in [-0.4, -0.2) is 13.2 Å². The van der Waals surface area contributed by atoms with Gasteiger partial charge in [-0.2, -0.15) is 5.26 Å². The van der Waals surface area contributed by atoms with Crippen LogP contribution in [0, 0.1) is 11.3 Å². The van der Waals surface area contributed by atoms with Crippen LogP contribution >= 0.6 is 31.9 Å². The van der Waals surface area contributed by atoms with Gasteiger partial charge < -0.3 is 9.47 Å². The predicted octanol–water partition coefficient (Wildman–Crippen LogP) is 4.05. The van der Waals surface area contributed by atoms with Gasteiger partial charge in [-0.05, 0) is 38.8 Å². The van der Waals surface area contributed by atoms with E-state index in [0.717, 1.165) is 0 Å². The molecule has 17 heavy (non-hydrogen) atoms. The molecule has 0 bridgehead atoms. The molecular weight excluding hydrogens is 350 g/mol. The van der Waals surface area contributed by atoms with Crippen LogP contribution in [0.3, 0.4) is 0 Å². The highest BCUT2D eigenvalue weighted by atomic mass is 79.9. The number of ether oxygens (including phenoxy) is 2. The molecule has 0 fully saturated rings. The second kappa shape index (κ2) is 6.67. The van der Waals surface area contributed by atoms with Crippen molar-refractivity contribution < 1.29 is 9.47 Å². The summed E-state index contributed by atoms with van der Waals surface area (Å²) in [6.07, 6.45) is 1.65. The molecule has 90 valence electrons. The Labute approximate surface area is 117 Å². The van der Waals surface area contributed by atoms with Crippen molar-refractivity contribution in [2.24, 2.45) is 0 Å². The molecule has 0 aliphatic heterocycles. The average Bonchev–Trinajstić information content (AvgIpc) is 2.33. The molecule has 0 aliphatic carbocycles. The van der Waals surface area contributed by atoms with Gasteiger partial charge in [0.15, 0.2) is 11.5 Å². The summed E-state index contributed by atoms with van der Waals surface area (Å²) in [4.78, 5) is 0. The third-order valence-electron chi connectivity index (χ3n) is 1.89. The van der Waals surface area contributed by atoms with Gasteiger partial charge >= 0.3 is 0 Å². The molecule has 0 aliphatic rings. The van der Waals surface area contributed by atoms with E-state index in [2.05, 4.69) is 44.5 Å². The number of halogens is 2. The Morgan fingerprint density at radius 2 is 2.12 bits per heavy atom. The van der Waals surface area contributed by atoms with Gasteiger partial charge in [-0.1, -0.05) is 12.7 Å². The van der Waals surface area contributed by atoms with Crippen LogP contribution in [0.2, 0.25) is 0 Å². The maximum absolute atomic E-state index is 8.99. The lowest BCUT2D eigenvalue weighted by Crippen LogP contribution is -2.01. The lowest BCUT2D eigenvalue weighted by molar-refractivity contribution is 0.295. The van der Waals surface area contributed by atoms with Crippen molar-refractivity contribution in [3.8, 4) is 17.6 Å². The quantitative estimate of drug-likeness (QED) is 0.744. The van der Waals surface area contributed by atoms with Crippen LogP contribution in [0.5, 0.6) is 11.5 Å². The van der Waals surface area contributed by atoms with E-state index in [1.54, 1.807) is 12.1 Å². The van der Waals surface area contributed by atoms with E-state index in [4.69, 9.17) is 14.7 Å². The van der Waals surface area contributed by atoms with Crippen molar-refractivity contribution in [1.29, 1.82) is 5.26 Å². The number of hydrogen-bond donors (Lipinski definition) is 0. The van der Waals surface area contributed by atoms with Gasteiger partial charge in [0.2, 0.25) is 0 Å². The minimum absolute atomic E-state index is 0.372. The van der Waals surface area contributed by atoms with Crippen LogP contribution in [0.1, 0.15) is 12.5 Å². The zero-order valence-electron chi connectivity index (χ0n) is 9.30. The monoisotopic (exact) mass is 359 g/mol. The summed E-state index contributed by atoms with van der Waals surface area (Å²) in [5, 5.41) is 8.99. The molecule has 0 spiro atoms. The lowest BCUT2D eigenvalue weighted by Gasteiger charge is -2.14. The second-order valence-corrected chi connectivity index (χ2v) is 4.61. The van der Waals surface area contributed by atoms with Crippen molar-refractivity contribution in [2.75, 3.05) is 13.2 Å². The number of hydrogen-bond acceptors (Lipinski definition) is 3. The summed E-state index contributed by atoms with van der Waals surface area (Å²) in [7, 11) is 0. The summed E-state index contributed by atoms with van der Waals surface area (Å²) in [5.74, 6) is 1.11. The van der Waals surface area contributed by atoms with Crippen LogP contribution in [0.25, 0.3) is 0 Å². The standard InChI is InChI=1S/C12H11Br2NO2/c1-3-5-17-12-9(16-4-2)6-8(7-15)10(13)11(12)14/h3,6H,1,4-5H2,2H3. The molecule has 1 aromatic rings. The third kappa shape index (κ3) is 3.24. The Hall–Kier alpha value is -0.990. The Morgan fingerprint density at radius 3 is 2.65 bits per heavy atom. The molecule has 0 atom stereocenters. The molecule has 0 radical (unpaired) electrons. The van der Waals surface area contributed by atoms with E-state index >= 15 is 0 Å². The van der Waals surface area contributed by atoms with Crippen LogP contribution in [-0.2, 0) is 0 Å². The Balaban J connectivity index is 3.28. The highest BCUT2D eigenvalue weighted by Crippen LogP contribution is 2.42. The van der Waals surface area contributed by atoms with Gasteiger partial charge in [0, 0.05) is 6.07 Å². The number of nitrogens with zero attached hydrogens (tertiary/aromatic N) is 1. The van der Waals surface area contributed by atoms with E-state index in [0.29, 0.717) is 39.2 Å². The first-order valence-electron chi connectivity index (χ1n) is 4.94. The fraction of sp³-hybridized carbons (Fsp3) is 0.250. The zero-order chi connectivity index (χ0) is 12.8. The van der Waals surface area contributed by atoms with E-state index < -0.39 is 0 Å². The summed E-state index contributed by atoms with van der Waals surface area (Å²) < 4.78 is 12.3. The van der Waals surface area contributed by atoms with Gasteiger partial charge in [-0.3, -0.25) is 0 Å². The Bertz CT molecular complexity index is 467. The van der Waals surface area contributed by atoms with Gasteiger partial charge in [0.1, 0.15) is 12.7 Å². The lowest BCUT2D eigenvalue weighted by atomic mass is 10.2. The fourth-order valence-corrected chi connectivity index (χ4v) is 2.11. The number of rotatable bonds is 5. The van der Waals surface area contributed by atoms with Crippen molar-refractivity contribution >= 4 is 31.9 Å². The summed E-state index contributed by atoms with van der Waals surface area (Å²) in [5.41, 5.74) is 0.492.